The van der Waals surface area contributed by atoms with Crippen molar-refractivity contribution in [1.82, 2.24) is 0 Å². The minimum Gasteiger partial charge on any atom is -0.480 e. The van der Waals surface area contributed by atoms with Gasteiger partial charge in [-0.2, -0.15) is 0 Å². The van der Waals surface area contributed by atoms with Gasteiger partial charge in [-0.3, -0.25) is 23.4 Å². The van der Waals surface area contributed by atoms with Crippen LogP contribution >= 0.6 is 7.82 Å². The molecule has 0 rings (SSSR count). The summed E-state index contributed by atoms with van der Waals surface area (Å²) in [7, 11) is -4.72. The quantitative estimate of drug-likeness (QED) is 0.0294. The second kappa shape index (κ2) is 27.7. The first-order valence-electron chi connectivity index (χ1n) is 15.3. The molecular formula is C32H52NO10P. The molecule has 0 aromatic heterocycles. The van der Waals surface area contributed by atoms with Crippen LogP contribution in [-0.4, -0.2) is 59.9 Å². The predicted molar refractivity (Wildman–Crippen MR) is 171 cm³/mol. The van der Waals surface area contributed by atoms with E-state index in [1.807, 2.05) is 55.5 Å². The fourth-order valence-electron chi connectivity index (χ4n) is 3.42. The molecule has 0 aliphatic carbocycles. The Morgan fingerprint density at radius 1 is 0.727 bits per heavy atom. The highest BCUT2D eigenvalue weighted by Gasteiger charge is 2.28. The van der Waals surface area contributed by atoms with E-state index in [1.165, 1.54) is 0 Å². The highest BCUT2D eigenvalue weighted by Crippen LogP contribution is 2.43. The maximum absolute atomic E-state index is 12.4. The van der Waals surface area contributed by atoms with Gasteiger partial charge in [-0.25, -0.2) is 4.57 Å². The number of carbonyl (C=O) groups is 3. The molecule has 12 heteroatoms. The summed E-state index contributed by atoms with van der Waals surface area (Å²) in [6, 6.07) is -1.53. The fourth-order valence-corrected chi connectivity index (χ4v) is 4.19. The van der Waals surface area contributed by atoms with Crippen molar-refractivity contribution in [2.45, 2.75) is 103 Å². The summed E-state index contributed by atoms with van der Waals surface area (Å²) in [6.07, 6.45) is 27.9. The number of unbranched alkanes of at least 4 members (excludes halogenated alkanes) is 5. The molecule has 11 nitrogen and oxygen atoms in total. The van der Waals surface area contributed by atoms with Crippen molar-refractivity contribution in [2.75, 3.05) is 19.8 Å². The number of aliphatic carboxylic acids is 1. The highest BCUT2D eigenvalue weighted by molar-refractivity contribution is 7.47. The van der Waals surface area contributed by atoms with Crippen molar-refractivity contribution in [2.24, 2.45) is 5.73 Å². The minimum absolute atomic E-state index is 0.104. The zero-order chi connectivity index (χ0) is 32.9. The van der Waals surface area contributed by atoms with Crippen molar-refractivity contribution in [3.63, 3.8) is 0 Å². The average molecular weight is 642 g/mol. The Morgan fingerprint density at radius 3 is 2.07 bits per heavy atom. The van der Waals surface area contributed by atoms with Gasteiger partial charge >= 0.3 is 25.7 Å². The number of phosphoric ester groups is 1. The minimum atomic E-state index is -4.72. The van der Waals surface area contributed by atoms with E-state index in [0.29, 0.717) is 12.8 Å². The van der Waals surface area contributed by atoms with Crippen LogP contribution in [0.1, 0.15) is 90.9 Å². The Bertz CT molecular complexity index is 990. The molecule has 0 radical (unpaired) electrons. The summed E-state index contributed by atoms with van der Waals surface area (Å²) in [6.45, 7) is 2.36. The smallest absolute Gasteiger partial charge is 0.472 e. The monoisotopic (exact) mass is 641 g/mol. The molecule has 0 fully saturated rings. The van der Waals surface area contributed by atoms with Crippen LogP contribution in [0.2, 0.25) is 0 Å². The molecule has 0 aromatic carbocycles. The number of carboxylic acids is 1. The normalized spacial score (nSPS) is 15.0. The van der Waals surface area contributed by atoms with Gasteiger partial charge in [-0.1, -0.05) is 93.9 Å². The summed E-state index contributed by atoms with van der Waals surface area (Å²) >= 11 is 0. The third-order valence-electron chi connectivity index (χ3n) is 5.84. The first kappa shape index (κ1) is 41.2. The van der Waals surface area contributed by atoms with E-state index in [2.05, 4.69) is 23.6 Å². The largest absolute Gasteiger partial charge is 0.480 e. The molecule has 0 saturated carbocycles. The van der Waals surface area contributed by atoms with Gasteiger partial charge < -0.3 is 25.2 Å². The van der Waals surface area contributed by atoms with Crippen LogP contribution in [0.5, 0.6) is 0 Å². The van der Waals surface area contributed by atoms with Crippen LogP contribution < -0.4 is 5.73 Å². The molecule has 4 N–H and O–H groups in total. The number of nitrogens with two attached hydrogens (primary N) is 1. The molecule has 0 aromatic rings. The first-order valence-corrected chi connectivity index (χ1v) is 16.8. The van der Waals surface area contributed by atoms with Crippen molar-refractivity contribution in [3.8, 4) is 0 Å². The molecule has 0 bridgehead atoms. The number of phosphoric acid groups is 1. The van der Waals surface area contributed by atoms with Crippen LogP contribution in [0.15, 0.2) is 60.8 Å². The molecule has 0 spiro atoms. The number of carbonyl (C=O) groups excluding carboxylic acids is 2. The first-order chi connectivity index (χ1) is 21.1. The van der Waals surface area contributed by atoms with E-state index in [0.717, 1.165) is 51.4 Å². The lowest BCUT2D eigenvalue weighted by Crippen LogP contribution is -2.34. The predicted octanol–water partition coefficient (Wildman–Crippen LogP) is 6.49. The van der Waals surface area contributed by atoms with Crippen molar-refractivity contribution in [3.05, 3.63) is 60.8 Å². The molecule has 0 aliphatic rings. The fraction of sp³-hybridized carbons (Fsp3) is 0.594. The molecule has 2 unspecified atom stereocenters. The molecule has 0 saturated heterocycles. The number of ether oxygens (including phenoxy) is 2. The third-order valence-corrected chi connectivity index (χ3v) is 6.79. The standard InChI is InChI=1S/C32H52NO10P/c1-3-5-7-9-11-12-13-14-15-16-18-20-22-24-31(35)43-28(26-41-44(38,39)42-27-29(33)32(36)37)25-40-30(34)23-21-19-17-10-8-6-4-2/h5-9,11-13,17,19,28-29H,3-4,10,14-16,18,20-27,33H2,1-2H3,(H,36,37)(H,38,39)/b7-5+,8-6+,11-9+,13-12+,19-17+/t28?,29-/m0/s1. The van der Waals surface area contributed by atoms with Crippen molar-refractivity contribution in [1.29, 1.82) is 0 Å². The van der Waals surface area contributed by atoms with Gasteiger partial charge in [0, 0.05) is 12.8 Å². The maximum Gasteiger partial charge on any atom is 0.472 e. The van der Waals surface area contributed by atoms with Crippen LogP contribution in [-0.2, 0) is 37.5 Å². The molecule has 250 valence electrons. The maximum atomic E-state index is 12.4. The summed E-state index contributed by atoms with van der Waals surface area (Å²) in [5, 5.41) is 8.80. The zero-order valence-corrected chi connectivity index (χ0v) is 27.1. The topological polar surface area (TPSA) is 172 Å². The Morgan fingerprint density at radius 2 is 1.36 bits per heavy atom. The average Bonchev–Trinajstić information content (AvgIpc) is 2.99. The van der Waals surface area contributed by atoms with Gasteiger partial charge in [0.05, 0.1) is 13.2 Å². The molecular weight excluding hydrogens is 589 g/mol. The number of esters is 2. The van der Waals surface area contributed by atoms with E-state index in [9.17, 15) is 23.8 Å². The Balaban J connectivity index is 4.63. The van der Waals surface area contributed by atoms with Crippen LogP contribution in [0.3, 0.4) is 0 Å². The molecule has 0 aliphatic heterocycles. The van der Waals surface area contributed by atoms with E-state index in [-0.39, 0.29) is 19.4 Å². The summed E-state index contributed by atoms with van der Waals surface area (Å²) in [5.74, 6) is -2.52. The lowest BCUT2D eigenvalue weighted by molar-refractivity contribution is -0.161. The van der Waals surface area contributed by atoms with E-state index >= 15 is 0 Å². The number of allylic oxidation sites excluding steroid dienone is 10. The summed E-state index contributed by atoms with van der Waals surface area (Å²) in [5.41, 5.74) is 5.27. The van der Waals surface area contributed by atoms with Crippen LogP contribution in [0.25, 0.3) is 0 Å². The van der Waals surface area contributed by atoms with Crippen LogP contribution in [0.4, 0.5) is 0 Å². The van der Waals surface area contributed by atoms with E-state index in [1.54, 1.807) is 0 Å². The van der Waals surface area contributed by atoms with Gasteiger partial charge in [0.15, 0.2) is 6.10 Å². The third kappa shape index (κ3) is 26.8. The van der Waals surface area contributed by atoms with Gasteiger partial charge in [0.25, 0.3) is 0 Å². The SMILES string of the molecule is CC/C=C/C=C/C=C/CCCCCCCC(=O)OC(COC(=O)CC/C=C/C/C=C/CC)COP(=O)(O)OC[C@H](N)C(=O)O. The van der Waals surface area contributed by atoms with Gasteiger partial charge in [0.2, 0.25) is 0 Å². The Labute approximate surface area is 262 Å². The Hall–Kier alpha value is -2.82. The summed E-state index contributed by atoms with van der Waals surface area (Å²) < 4.78 is 32.2. The zero-order valence-electron chi connectivity index (χ0n) is 26.2. The molecule has 3 atom stereocenters. The molecule has 0 amide bonds. The Kier molecular flexibility index (Phi) is 25.9. The van der Waals surface area contributed by atoms with Crippen LogP contribution in [0, 0.1) is 0 Å². The summed E-state index contributed by atoms with van der Waals surface area (Å²) in [4.78, 5) is 45.3. The number of rotatable bonds is 27. The van der Waals surface area contributed by atoms with Crippen molar-refractivity contribution >= 4 is 25.7 Å². The van der Waals surface area contributed by atoms with Gasteiger partial charge in [-0.15, -0.1) is 0 Å². The highest BCUT2D eigenvalue weighted by atomic mass is 31.2. The van der Waals surface area contributed by atoms with E-state index in [4.69, 9.17) is 24.8 Å². The number of hydrogen-bond donors (Lipinski definition) is 3. The van der Waals surface area contributed by atoms with E-state index < -0.39 is 51.1 Å². The number of carboxylic acid groups (broad SMARTS) is 1. The number of hydrogen-bond acceptors (Lipinski definition) is 9. The van der Waals surface area contributed by atoms with Gasteiger partial charge in [-0.05, 0) is 44.9 Å². The second-order valence-corrected chi connectivity index (χ2v) is 11.3. The second-order valence-electron chi connectivity index (χ2n) is 9.88. The lowest BCUT2D eigenvalue weighted by atomic mass is 10.1. The van der Waals surface area contributed by atoms with Crippen molar-refractivity contribution < 1.29 is 47.5 Å². The molecule has 0 heterocycles. The van der Waals surface area contributed by atoms with Gasteiger partial charge in [0.1, 0.15) is 12.6 Å². The lowest BCUT2D eigenvalue weighted by Gasteiger charge is -2.20. The molecule has 44 heavy (non-hydrogen) atoms.